The topological polar surface area (TPSA) is 96.0 Å². The summed E-state index contributed by atoms with van der Waals surface area (Å²) in [6.45, 7) is 8.35. The number of para-hydroxylation sites is 2. The zero-order valence-corrected chi connectivity index (χ0v) is 26.1. The fourth-order valence-electron chi connectivity index (χ4n) is 4.87. The van der Waals surface area contributed by atoms with Crippen LogP contribution in [0.25, 0.3) is 0 Å². The van der Waals surface area contributed by atoms with E-state index in [0.29, 0.717) is 24.5 Å². The second-order valence-corrected chi connectivity index (χ2v) is 12.6. The number of anilines is 1. The van der Waals surface area contributed by atoms with Crippen molar-refractivity contribution in [3.8, 4) is 5.75 Å². The lowest BCUT2D eigenvalue weighted by atomic mass is 10.0. The summed E-state index contributed by atoms with van der Waals surface area (Å²) in [5, 5.41) is 3.00. The lowest BCUT2D eigenvalue weighted by Gasteiger charge is -2.32. The molecule has 0 saturated heterocycles. The SMILES string of the molecule is CCOc1ccccc1N(CCCC(=O)N(Cc1cccc(C)c1)[C@H](Cc1ccccc1)C(=O)NC(C)C)S(C)(=O)=O. The van der Waals surface area contributed by atoms with E-state index in [1.54, 1.807) is 29.2 Å². The molecule has 0 saturated carbocycles. The first-order chi connectivity index (χ1) is 20.0. The monoisotopic (exact) mass is 593 g/mol. The number of benzene rings is 3. The highest BCUT2D eigenvalue weighted by Gasteiger charge is 2.31. The van der Waals surface area contributed by atoms with E-state index in [0.717, 1.165) is 22.9 Å². The van der Waals surface area contributed by atoms with Crippen LogP contribution >= 0.6 is 0 Å². The van der Waals surface area contributed by atoms with E-state index < -0.39 is 16.1 Å². The van der Waals surface area contributed by atoms with Gasteiger partial charge in [0.25, 0.3) is 0 Å². The Kier molecular flexibility index (Phi) is 12.0. The van der Waals surface area contributed by atoms with Crippen LogP contribution in [0, 0.1) is 6.92 Å². The maximum Gasteiger partial charge on any atom is 0.243 e. The highest BCUT2D eigenvalue weighted by atomic mass is 32.2. The molecule has 0 fully saturated rings. The van der Waals surface area contributed by atoms with Crippen LogP contribution in [0.15, 0.2) is 78.9 Å². The van der Waals surface area contributed by atoms with Gasteiger partial charge in [0.1, 0.15) is 11.8 Å². The van der Waals surface area contributed by atoms with Crippen LogP contribution < -0.4 is 14.4 Å². The second kappa shape index (κ2) is 15.4. The summed E-state index contributed by atoms with van der Waals surface area (Å²) in [6.07, 6.45) is 1.83. The molecule has 1 N–H and O–H groups in total. The molecule has 0 aromatic heterocycles. The lowest BCUT2D eigenvalue weighted by Crippen LogP contribution is -2.51. The first kappa shape index (κ1) is 32.7. The molecule has 3 aromatic rings. The van der Waals surface area contributed by atoms with Gasteiger partial charge in [0.15, 0.2) is 0 Å². The van der Waals surface area contributed by atoms with Crippen molar-refractivity contribution in [2.75, 3.05) is 23.7 Å². The predicted octanol–water partition coefficient (Wildman–Crippen LogP) is 5.10. The van der Waals surface area contributed by atoms with Crippen LogP contribution in [-0.4, -0.2) is 56.6 Å². The fraction of sp³-hybridized carbons (Fsp3) is 0.394. The average molecular weight is 594 g/mol. The number of hydrogen-bond acceptors (Lipinski definition) is 5. The van der Waals surface area contributed by atoms with Crippen LogP contribution in [0.3, 0.4) is 0 Å². The molecule has 0 bridgehead atoms. The molecule has 0 heterocycles. The Balaban J connectivity index is 1.90. The zero-order chi connectivity index (χ0) is 30.7. The number of carbonyl (C=O) groups excluding carboxylic acids is 2. The lowest BCUT2D eigenvalue weighted by molar-refractivity contribution is -0.141. The van der Waals surface area contributed by atoms with E-state index in [1.807, 2.05) is 82.3 Å². The van der Waals surface area contributed by atoms with E-state index in [9.17, 15) is 18.0 Å². The predicted molar refractivity (Wildman–Crippen MR) is 168 cm³/mol. The Morgan fingerprint density at radius 2 is 1.60 bits per heavy atom. The standard InChI is InChI=1S/C33H43N3O5S/c1-6-41-31-19-11-10-18-29(31)36(42(5,39)40)21-13-20-32(37)35(24-28-17-12-14-26(4)22-28)30(33(38)34-25(2)3)23-27-15-8-7-9-16-27/h7-12,14-19,22,25,30H,6,13,20-21,23-24H2,1-5H3,(H,34,38)/t30-/m1/s1. The maximum absolute atomic E-state index is 13.9. The highest BCUT2D eigenvalue weighted by Crippen LogP contribution is 2.30. The van der Waals surface area contributed by atoms with Gasteiger partial charge in [0.05, 0.1) is 18.6 Å². The number of aryl methyl sites for hydroxylation is 1. The van der Waals surface area contributed by atoms with Crippen molar-refractivity contribution < 1.29 is 22.7 Å². The highest BCUT2D eigenvalue weighted by molar-refractivity contribution is 7.92. The van der Waals surface area contributed by atoms with Gasteiger partial charge < -0.3 is 15.0 Å². The van der Waals surface area contributed by atoms with Gasteiger partial charge >= 0.3 is 0 Å². The molecule has 0 spiro atoms. The van der Waals surface area contributed by atoms with Gasteiger partial charge in [-0.15, -0.1) is 0 Å². The minimum Gasteiger partial charge on any atom is -0.492 e. The van der Waals surface area contributed by atoms with Gasteiger partial charge in [0, 0.05) is 32.0 Å². The van der Waals surface area contributed by atoms with Crippen LogP contribution in [0.4, 0.5) is 5.69 Å². The molecule has 3 rings (SSSR count). The molecule has 3 aromatic carbocycles. The van der Waals surface area contributed by atoms with Gasteiger partial charge in [0.2, 0.25) is 21.8 Å². The Bertz CT molecular complexity index is 1430. The Hall–Kier alpha value is -3.85. The van der Waals surface area contributed by atoms with Crippen molar-refractivity contribution in [1.82, 2.24) is 10.2 Å². The van der Waals surface area contributed by atoms with Crippen LogP contribution in [0.5, 0.6) is 5.75 Å². The van der Waals surface area contributed by atoms with Gasteiger partial charge in [-0.1, -0.05) is 72.3 Å². The van der Waals surface area contributed by atoms with E-state index in [-0.39, 0.29) is 43.8 Å². The van der Waals surface area contributed by atoms with Crippen LogP contribution in [0.2, 0.25) is 0 Å². The number of ether oxygens (including phenoxy) is 1. The first-order valence-corrected chi connectivity index (χ1v) is 16.2. The summed E-state index contributed by atoms with van der Waals surface area (Å²) >= 11 is 0. The second-order valence-electron chi connectivity index (χ2n) is 10.7. The molecule has 8 nitrogen and oxygen atoms in total. The van der Waals surface area contributed by atoms with E-state index in [4.69, 9.17) is 4.74 Å². The summed E-state index contributed by atoms with van der Waals surface area (Å²) in [7, 11) is -3.65. The Morgan fingerprint density at radius 1 is 0.929 bits per heavy atom. The number of nitrogens with zero attached hydrogens (tertiary/aromatic N) is 2. The fourth-order valence-corrected chi connectivity index (χ4v) is 5.83. The van der Waals surface area contributed by atoms with Crippen molar-refractivity contribution in [3.63, 3.8) is 0 Å². The first-order valence-electron chi connectivity index (χ1n) is 14.4. The maximum atomic E-state index is 13.9. The van der Waals surface area contributed by atoms with Crippen LogP contribution in [0.1, 0.15) is 50.3 Å². The van der Waals surface area contributed by atoms with E-state index in [1.165, 1.54) is 4.31 Å². The van der Waals surface area contributed by atoms with Crippen molar-refractivity contribution in [3.05, 3.63) is 95.6 Å². The van der Waals surface area contributed by atoms with Gasteiger partial charge in [-0.05, 0) is 57.4 Å². The molecule has 0 aliphatic heterocycles. The zero-order valence-electron chi connectivity index (χ0n) is 25.2. The average Bonchev–Trinajstić information content (AvgIpc) is 2.93. The Labute approximate surface area is 250 Å². The third-order valence-electron chi connectivity index (χ3n) is 6.72. The van der Waals surface area contributed by atoms with Gasteiger partial charge in [-0.2, -0.15) is 0 Å². The third-order valence-corrected chi connectivity index (χ3v) is 7.90. The molecule has 1 atom stereocenters. The smallest absolute Gasteiger partial charge is 0.243 e. The molecule has 226 valence electrons. The summed E-state index contributed by atoms with van der Waals surface area (Å²) in [6, 6.07) is 23.7. The number of nitrogens with one attached hydrogen (secondary N) is 1. The summed E-state index contributed by atoms with van der Waals surface area (Å²) in [4.78, 5) is 29.1. The third kappa shape index (κ3) is 9.62. The number of rotatable bonds is 15. The van der Waals surface area contributed by atoms with Crippen molar-refractivity contribution in [2.45, 2.75) is 65.6 Å². The molecule has 0 aliphatic rings. The summed E-state index contributed by atoms with van der Waals surface area (Å²) in [5.41, 5.74) is 3.36. The Morgan fingerprint density at radius 3 is 2.24 bits per heavy atom. The van der Waals surface area contributed by atoms with Gasteiger partial charge in [-0.25, -0.2) is 8.42 Å². The number of sulfonamides is 1. The molecule has 0 aliphatic carbocycles. The van der Waals surface area contributed by atoms with Gasteiger partial charge in [-0.3, -0.25) is 13.9 Å². The molecule has 0 radical (unpaired) electrons. The normalized spacial score (nSPS) is 12.0. The van der Waals surface area contributed by atoms with E-state index >= 15 is 0 Å². The molecule has 42 heavy (non-hydrogen) atoms. The summed E-state index contributed by atoms with van der Waals surface area (Å²) in [5.74, 6) is 0.0206. The van der Waals surface area contributed by atoms with Crippen molar-refractivity contribution >= 4 is 27.5 Å². The van der Waals surface area contributed by atoms with Crippen LogP contribution in [-0.2, 0) is 32.6 Å². The van der Waals surface area contributed by atoms with Crippen molar-refractivity contribution in [2.24, 2.45) is 0 Å². The number of carbonyl (C=O) groups is 2. The molecular weight excluding hydrogens is 550 g/mol. The minimum absolute atomic E-state index is 0.0644. The summed E-state index contributed by atoms with van der Waals surface area (Å²) < 4.78 is 32.5. The number of amides is 2. The molecular formula is C33H43N3O5S. The molecule has 9 heteroatoms. The largest absolute Gasteiger partial charge is 0.492 e. The quantitative estimate of drug-likeness (QED) is 0.264. The van der Waals surface area contributed by atoms with Crippen molar-refractivity contribution in [1.29, 1.82) is 0 Å². The molecule has 2 amide bonds. The minimum atomic E-state index is -3.65. The molecule has 0 unspecified atom stereocenters. The van der Waals surface area contributed by atoms with E-state index in [2.05, 4.69) is 5.32 Å². The number of hydrogen-bond donors (Lipinski definition) is 1.